The minimum atomic E-state index is -0.479. The smallest absolute Gasteiger partial charge is 0.294 e. The monoisotopic (exact) mass is 464 g/mol. The number of nitrogens with one attached hydrogen (secondary N) is 1. The van der Waals surface area contributed by atoms with E-state index in [0.29, 0.717) is 5.69 Å². The number of carbonyl (C=O) groups is 3. The highest BCUT2D eigenvalue weighted by atomic mass is 32.2. The van der Waals surface area contributed by atoms with Crippen LogP contribution in [0.4, 0.5) is 10.5 Å². The quantitative estimate of drug-likeness (QED) is 0.397. The van der Waals surface area contributed by atoms with Crippen LogP contribution in [-0.2, 0) is 9.59 Å². The predicted octanol–water partition coefficient (Wildman–Crippen LogP) is 5.25. The maximum atomic E-state index is 12.9. The highest BCUT2D eigenvalue weighted by molar-refractivity contribution is 8.18. The third-order valence-corrected chi connectivity index (χ3v) is 6.59. The predicted molar refractivity (Wildman–Crippen MR) is 130 cm³/mol. The first-order valence-corrected chi connectivity index (χ1v) is 11.8. The van der Waals surface area contributed by atoms with Crippen molar-refractivity contribution in [1.82, 2.24) is 4.90 Å². The Morgan fingerprint density at radius 1 is 1.09 bits per heavy atom. The largest absolute Gasteiger partial charge is 0.496 e. The van der Waals surface area contributed by atoms with Crippen molar-refractivity contribution in [3.05, 3.63) is 71.1 Å². The van der Waals surface area contributed by atoms with E-state index in [1.54, 1.807) is 31.0 Å². The van der Waals surface area contributed by atoms with Gasteiger partial charge in [-0.1, -0.05) is 36.4 Å². The van der Waals surface area contributed by atoms with Crippen molar-refractivity contribution in [2.75, 3.05) is 25.2 Å². The van der Waals surface area contributed by atoms with Crippen molar-refractivity contribution in [2.45, 2.75) is 4.90 Å². The summed E-state index contributed by atoms with van der Waals surface area (Å²) in [6.07, 6.45) is 3.63. The Balaban J connectivity index is 1.53. The maximum Gasteiger partial charge on any atom is 0.294 e. The number of methoxy groups -OCH3 is 1. The number of benzene rings is 3. The minimum Gasteiger partial charge on any atom is -0.496 e. The fraction of sp³-hybridized carbons (Fsp3) is 0.125. The molecule has 6 nitrogen and oxygen atoms in total. The number of amides is 3. The minimum absolute atomic E-state index is 0.280. The van der Waals surface area contributed by atoms with Crippen molar-refractivity contribution in [3.8, 4) is 5.75 Å². The summed E-state index contributed by atoms with van der Waals surface area (Å²) in [6.45, 7) is -0.338. The van der Waals surface area contributed by atoms with E-state index in [0.717, 1.165) is 43.6 Å². The second-order valence-corrected chi connectivity index (χ2v) is 8.82. The van der Waals surface area contributed by atoms with E-state index in [9.17, 15) is 14.4 Å². The van der Waals surface area contributed by atoms with Gasteiger partial charge < -0.3 is 10.1 Å². The van der Waals surface area contributed by atoms with E-state index in [2.05, 4.69) is 5.32 Å². The zero-order chi connectivity index (χ0) is 22.7. The molecule has 0 radical (unpaired) electrons. The maximum absolute atomic E-state index is 12.9. The molecule has 0 aromatic heterocycles. The van der Waals surface area contributed by atoms with E-state index in [-0.39, 0.29) is 11.4 Å². The van der Waals surface area contributed by atoms with Crippen LogP contribution >= 0.6 is 23.5 Å². The van der Waals surface area contributed by atoms with Crippen LogP contribution in [0, 0.1) is 0 Å². The molecule has 1 aliphatic heterocycles. The molecule has 3 aromatic carbocycles. The average molecular weight is 465 g/mol. The summed E-state index contributed by atoms with van der Waals surface area (Å²) >= 11 is 2.39. The Morgan fingerprint density at radius 2 is 1.88 bits per heavy atom. The van der Waals surface area contributed by atoms with E-state index < -0.39 is 17.1 Å². The summed E-state index contributed by atoms with van der Waals surface area (Å²) in [7, 11) is 1.61. The van der Waals surface area contributed by atoms with Crippen LogP contribution in [0.1, 0.15) is 5.56 Å². The zero-order valence-corrected chi connectivity index (χ0v) is 19.1. The lowest BCUT2D eigenvalue weighted by Crippen LogP contribution is -2.36. The van der Waals surface area contributed by atoms with Crippen molar-refractivity contribution in [2.24, 2.45) is 0 Å². The topological polar surface area (TPSA) is 75.7 Å². The standard InChI is InChI=1S/C24H20N2O4S2/c1-30-20-11-10-15(18-8-3-4-9-19(18)20)12-21-23(28)26(24(29)32-21)14-22(27)25-16-6-5-7-17(13-16)31-2/h3-13H,14H2,1-2H3,(H,25,27)/b21-12+. The second kappa shape index (κ2) is 9.50. The Hall–Kier alpha value is -3.23. The molecule has 0 bridgehead atoms. The third-order valence-electron chi connectivity index (χ3n) is 4.95. The Morgan fingerprint density at radius 3 is 2.62 bits per heavy atom. The van der Waals surface area contributed by atoms with Gasteiger partial charge in [-0.3, -0.25) is 19.3 Å². The number of anilines is 1. The summed E-state index contributed by atoms with van der Waals surface area (Å²) in [5, 5.41) is 4.10. The molecule has 1 saturated heterocycles. The first-order chi connectivity index (χ1) is 15.5. The highest BCUT2D eigenvalue weighted by Crippen LogP contribution is 2.35. The molecule has 32 heavy (non-hydrogen) atoms. The third kappa shape index (κ3) is 4.51. The molecular formula is C24H20N2O4S2. The summed E-state index contributed by atoms with van der Waals surface area (Å²) in [5.74, 6) is -0.178. The number of carbonyl (C=O) groups excluding carboxylic acids is 3. The fourth-order valence-electron chi connectivity index (χ4n) is 3.42. The molecule has 0 aliphatic carbocycles. The van der Waals surface area contributed by atoms with Gasteiger partial charge in [0.2, 0.25) is 5.91 Å². The van der Waals surface area contributed by atoms with Crippen LogP contribution in [0.15, 0.2) is 70.5 Å². The number of rotatable bonds is 6. The van der Waals surface area contributed by atoms with E-state index in [1.165, 1.54) is 0 Å². The van der Waals surface area contributed by atoms with Crippen molar-refractivity contribution in [3.63, 3.8) is 0 Å². The second-order valence-electron chi connectivity index (χ2n) is 6.95. The van der Waals surface area contributed by atoms with Crippen molar-refractivity contribution < 1.29 is 19.1 Å². The number of nitrogens with zero attached hydrogens (tertiary/aromatic N) is 1. The van der Waals surface area contributed by atoms with Gasteiger partial charge in [0.1, 0.15) is 12.3 Å². The average Bonchev–Trinajstić information content (AvgIpc) is 3.06. The summed E-state index contributed by atoms with van der Waals surface area (Å²) in [5.41, 5.74) is 1.42. The first-order valence-electron chi connectivity index (χ1n) is 9.75. The highest BCUT2D eigenvalue weighted by Gasteiger charge is 2.36. The summed E-state index contributed by atoms with van der Waals surface area (Å²) in [4.78, 5) is 40.1. The molecule has 3 aromatic rings. The summed E-state index contributed by atoms with van der Waals surface area (Å²) < 4.78 is 5.41. The number of hydrogen-bond donors (Lipinski definition) is 1. The molecule has 3 amide bonds. The summed E-state index contributed by atoms with van der Waals surface area (Å²) in [6, 6.07) is 18.7. The van der Waals surface area contributed by atoms with Gasteiger partial charge in [-0.2, -0.15) is 0 Å². The lowest BCUT2D eigenvalue weighted by molar-refractivity contribution is -0.127. The molecule has 0 unspecified atom stereocenters. The number of fused-ring (bicyclic) bond motifs is 1. The van der Waals surface area contributed by atoms with Gasteiger partial charge in [-0.15, -0.1) is 11.8 Å². The normalized spacial score (nSPS) is 14.9. The molecule has 162 valence electrons. The Bertz CT molecular complexity index is 1260. The van der Waals surface area contributed by atoms with Gasteiger partial charge in [-0.25, -0.2) is 0 Å². The van der Waals surface area contributed by atoms with Gasteiger partial charge in [0.05, 0.1) is 12.0 Å². The van der Waals surface area contributed by atoms with Crippen LogP contribution in [0.2, 0.25) is 0 Å². The Labute approximate surface area is 194 Å². The molecule has 0 saturated carbocycles. The van der Waals surface area contributed by atoms with Gasteiger partial charge in [-0.05, 0) is 59.3 Å². The fourth-order valence-corrected chi connectivity index (χ4v) is 4.71. The van der Waals surface area contributed by atoms with Gasteiger partial charge in [0, 0.05) is 16.0 Å². The van der Waals surface area contributed by atoms with Gasteiger partial charge in [0.15, 0.2) is 0 Å². The van der Waals surface area contributed by atoms with Crippen LogP contribution in [-0.4, -0.2) is 41.9 Å². The number of imide groups is 1. The molecule has 8 heteroatoms. The van der Waals surface area contributed by atoms with Crippen LogP contribution < -0.4 is 10.1 Å². The lowest BCUT2D eigenvalue weighted by atomic mass is 10.0. The van der Waals surface area contributed by atoms with Crippen LogP contribution in [0.3, 0.4) is 0 Å². The Kier molecular flexibility index (Phi) is 6.53. The van der Waals surface area contributed by atoms with Gasteiger partial charge >= 0.3 is 0 Å². The number of ether oxygens (including phenoxy) is 1. The molecular weight excluding hydrogens is 444 g/mol. The van der Waals surface area contributed by atoms with Crippen molar-refractivity contribution in [1.29, 1.82) is 0 Å². The van der Waals surface area contributed by atoms with E-state index in [1.807, 2.05) is 60.9 Å². The zero-order valence-electron chi connectivity index (χ0n) is 17.5. The van der Waals surface area contributed by atoms with Crippen molar-refractivity contribution >= 4 is 63.1 Å². The van der Waals surface area contributed by atoms with Crippen LogP contribution in [0.5, 0.6) is 5.75 Å². The number of hydrogen-bond acceptors (Lipinski definition) is 6. The lowest BCUT2D eigenvalue weighted by Gasteiger charge is -2.13. The molecule has 0 atom stereocenters. The molecule has 1 aliphatic rings. The van der Waals surface area contributed by atoms with Crippen LogP contribution in [0.25, 0.3) is 16.8 Å². The number of thioether (sulfide) groups is 2. The van der Waals surface area contributed by atoms with E-state index in [4.69, 9.17) is 4.74 Å². The molecule has 4 rings (SSSR count). The molecule has 1 N–H and O–H groups in total. The van der Waals surface area contributed by atoms with E-state index >= 15 is 0 Å². The molecule has 1 heterocycles. The first kappa shape index (κ1) is 22.0. The van der Waals surface area contributed by atoms with Gasteiger partial charge in [0.25, 0.3) is 11.1 Å². The molecule has 0 spiro atoms. The SMILES string of the molecule is COc1ccc(/C=C2/SC(=O)N(CC(=O)Nc3cccc(SC)c3)C2=O)c2ccccc12. The molecule has 1 fully saturated rings.